The number of nitrogens with one attached hydrogen (secondary N) is 2. The van der Waals surface area contributed by atoms with Crippen LogP contribution in [0.4, 0.5) is 5.82 Å². The van der Waals surface area contributed by atoms with Gasteiger partial charge in [-0.3, -0.25) is 14.6 Å². The Morgan fingerprint density at radius 1 is 1.55 bits per heavy atom. The molecule has 0 fully saturated rings. The minimum atomic E-state index is -0.0838. The van der Waals surface area contributed by atoms with Gasteiger partial charge in [-0.1, -0.05) is 0 Å². The Hall–Kier alpha value is -1.67. The molecule has 0 bridgehead atoms. The molecule has 20 heavy (non-hydrogen) atoms. The molecule has 0 atom stereocenters. The first-order valence-electron chi connectivity index (χ1n) is 6.20. The molecule has 0 aliphatic carbocycles. The molecule has 2 aromatic rings. The van der Waals surface area contributed by atoms with Crippen LogP contribution in [0.25, 0.3) is 0 Å². The van der Waals surface area contributed by atoms with E-state index in [1.54, 1.807) is 10.9 Å². The standard InChI is InChI=1S/C12H17BrN6O/c1-18(2)8-10-5-11(17-16-10)15-12(20)3-4-19-7-9(13)6-14-19/h5-7H,3-4,8H2,1-2H3,(H2,15,16,17,20). The smallest absolute Gasteiger partial charge is 0.227 e. The Kier molecular flexibility index (Phi) is 4.91. The summed E-state index contributed by atoms with van der Waals surface area (Å²) in [5.74, 6) is 0.466. The Morgan fingerprint density at radius 3 is 3.00 bits per heavy atom. The molecule has 0 aliphatic heterocycles. The summed E-state index contributed by atoms with van der Waals surface area (Å²) in [7, 11) is 3.95. The van der Waals surface area contributed by atoms with Gasteiger partial charge in [0, 0.05) is 31.8 Å². The quantitative estimate of drug-likeness (QED) is 0.834. The van der Waals surface area contributed by atoms with Crippen molar-refractivity contribution < 1.29 is 4.79 Å². The first kappa shape index (κ1) is 14.7. The lowest BCUT2D eigenvalue weighted by atomic mass is 10.3. The zero-order valence-electron chi connectivity index (χ0n) is 11.4. The van der Waals surface area contributed by atoms with Crippen molar-refractivity contribution >= 4 is 27.7 Å². The average Bonchev–Trinajstić information content (AvgIpc) is 2.95. The van der Waals surface area contributed by atoms with E-state index in [2.05, 4.69) is 36.5 Å². The molecule has 2 aromatic heterocycles. The van der Waals surface area contributed by atoms with Crippen LogP contribution in [-0.4, -0.2) is 44.9 Å². The number of amides is 1. The van der Waals surface area contributed by atoms with E-state index in [1.165, 1.54) is 0 Å². The Bertz CT molecular complexity index is 576. The van der Waals surface area contributed by atoms with Gasteiger partial charge in [0.1, 0.15) is 0 Å². The number of hydrogen-bond acceptors (Lipinski definition) is 4. The fourth-order valence-corrected chi connectivity index (χ4v) is 2.06. The van der Waals surface area contributed by atoms with Crippen LogP contribution in [0.3, 0.4) is 0 Å². The predicted octanol–water partition coefficient (Wildman–Crippen LogP) is 1.46. The van der Waals surface area contributed by atoms with Crippen LogP contribution >= 0.6 is 15.9 Å². The van der Waals surface area contributed by atoms with Gasteiger partial charge in [-0.15, -0.1) is 0 Å². The van der Waals surface area contributed by atoms with Gasteiger partial charge in [0.15, 0.2) is 5.82 Å². The van der Waals surface area contributed by atoms with E-state index in [9.17, 15) is 4.79 Å². The molecule has 2 heterocycles. The van der Waals surface area contributed by atoms with Crippen LogP contribution in [0, 0.1) is 0 Å². The summed E-state index contributed by atoms with van der Waals surface area (Å²) in [6.07, 6.45) is 3.88. The van der Waals surface area contributed by atoms with Gasteiger partial charge in [-0.2, -0.15) is 10.2 Å². The number of anilines is 1. The largest absolute Gasteiger partial charge is 0.309 e. The van der Waals surface area contributed by atoms with E-state index >= 15 is 0 Å². The van der Waals surface area contributed by atoms with Gasteiger partial charge in [0.2, 0.25) is 5.91 Å². The summed E-state index contributed by atoms with van der Waals surface area (Å²) in [4.78, 5) is 13.8. The fraction of sp³-hybridized carbons (Fsp3) is 0.417. The van der Waals surface area contributed by atoms with Gasteiger partial charge in [0.25, 0.3) is 0 Å². The minimum absolute atomic E-state index is 0.0838. The number of hydrogen-bond donors (Lipinski definition) is 2. The van der Waals surface area contributed by atoms with E-state index < -0.39 is 0 Å². The highest BCUT2D eigenvalue weighted by Crippen LogP contribution is 2.09. The zero-order valence-corrected chi connectivity index (χ0v) is 13.0. The number of carbonyl (C=O) groups is 1. The maximum atomic E-state index is 11.8. The molecule has 0 radical (unpaired) electrons. The van der Waals surface area contributed by atoms with Gasteiger partial charge in [-0.25, -0.2) is 0 Å². The summed E-state index contributed by atoms with van der Waals surface area (Å²) in [5, 5.41) is 13.8. The summed E-state index contributed by atoms with van der Waals surface area (Å²) in [6.45, 7) is 1.29. The minimum Gasteiger partial charge on any atom is -0.309 e. The molecule has 2 rings (SSSR count). The Morgan fingerprint density at radius 2 is 2.35 bits per heavy atom. The molecule has 0 aromatic carbocycles. The summed E-state index contributed by atoms with van der Waals surface area (Å²) in [6, 6.07) is 1.84. The monoisotopic (exact) mass is 340 g/mol. The average molecular weight is 341 g/mol. The van der Waals surface area contributed by atoms with Crippen LogP contribution < -0.4 is 5.32 Å². The molecule has 0 saturated heterocycles. The van der Waals surface area contributed by atoms with E-state index in [-0.39, 0.29) is 5.91 Å². The summed E-state index contributed by atoms with van der Waals surface area (Å²) < 4.78 is 2.62. The van der Waals surface area contributed by atoms with E-state index in [4.69, 9.17) is 0 Å². The Labute approximate surface area is 125 Å². The van der Waals surface area contributed by atoms with Crippen molar-refractivity contribution in [3.8, 4) is 0 Å². The second-order valence-corrected chi connectivity index (χ2v) is 5.65. The highest BCUT2D eigenvalue weighted by atomic mass is 79.9. The summed E-state index contributed by atoms with van der Waals surface area (Å²) in [5.41, 5.74) is 0.960. The van der Waals surface area contributed by atoms with Gasteiger partial charge in [-0.05, 0) is 30.0 Å². The normalized spacial score (nSPS) is 11.0. The molecule has 0 saturated carbocycles. The molecular formula is C12H17BrN6O. The van der Waals surface area contributed by atoms with Crippen LogP contribution in [0.15, 0.2) is 22.9 Å². The number of halogens is 1. The van der Waals surface area contributed by atoms with Crippen molar-refractivity contribution in [2.24, 2.45) is 0 Å². The maximum absolute atomic E-state index is 11.8. The number of carbonyl (C=O) groups excluding carboxylic acids is 1. The molecule has 1 amide bonds. The molecule has 0 spiro atoms. The molecular weight excluding hydrogens is 324 g/mol. The highest BCUT2D eigenvalue weighted by molar-refractivity contribution is 9.10. The number of rotatable bonds is 6. The fourth-order valence-electron chi connectivity index (χ4n) is 1.73. The third kappa shape index (κ3) is 4.46. The summed E-state index contributed by atoms with van der Waals surface area (Å²) >= 11 is 3.31. The van der Waals surface area contributed by atoms with Crippen LogP contribution in [-0.2, 0) is 17.9 Å². The molecule has 108 valence electrons. The van der Waals surface area contributed by atoms with Crippen LogP contribution in [0.2, 0.25) is 0 Å². The Balaban J connectivity index is 1.80. The van der Waals surface area contributed by atoms with Crippen molar-refractivity contribution in [3.63, 3.8) is 0 Å². The van der Waals surface area contributed by atoms with Crippen molar-refractivity contribution in [3.05, 3.63) is 28.6 Å². The zero-order chi connectivity index (χ0) is 14.5. The number of aryl methyl sites for hydroxylation is 1. The lowest BCUT2D eigenvalue weighted by molar-refractivity contribution is -0.116. The first-order chi connectivity index (χ1) is 9.52. The highest BCUT2D eigenvalue weighted by Gasteiger charge is 2.07. The molecule has 0 aliphatic rings. The molecule has 8 heteroatoms. The number of aromatic nitrogens is 4. The third-order valence-electron chi connectivity index (χ3n) is 2.55. The van der Waals surface area contributed by atoms with E-state index in [0.29, 0.717) is 18.8 Å². The topological polar surface area (TPSA) is 78.8 Å². The van der Waals surface area contributed by atoms with Crippen LogP contribution in [0.5, 0.6) is 0 Å². The maximum Gasteiger partial charge on any atom is 0.227 e. The molecule has 7 nitrogen and oxygen atoms in total. The van der Waals surface area contributed by atoms with Crippen molar-refractivity contribution in [2.45, 2.75) is 19.5 Å². The molecule has 0 unspecified atom stereocenters. The number of nitrogens with zero attached hydrogens (tertiary/aromatic N) is 4. The number of aromatic amines is 1. The predicted molar refractivity (Wildman–Crippen MR) is 79.2 cm³/mol. The third-order valence-corrected chi connectivity index (χ3v) is 2.96. The lowest BCUT2D eigenvalue weighted by Gasteiger charge is -2.05. The van der Waals surface area contributed by atoms with Crippen molar-refractivity contribution in [1.29, 1.82) is 0 Å². The lowest BCUT2D eigenvalue weighted by Crippen LogP contribution is -2.15. The first-order valence-corrected chi connectivity index (χ1v) is 6.99. The van der Waals surface area contributed by atoms with Gasteiger partial charge < -0.3 is 10.2 Å². The van der Waals surface area contributed by atoms with Gasteiger partial charge >= 0.3 is 0 Å². The molecule has 2 N–H and O–H groups in total. The van der Waals surface area contributed by atoms with Crippen LogP contribution in [0.1, 0.15) is 12.1 Å². The van der Waals surface area contributed by atoms with Crippen molar-refractivity contribution in [2.75, 3.05) is 19.4 Å². The SMILES string of the molecule is CN(C)Cc1cc(NC(=O)CCn2cc(Br)cn2)n[nH]1. The van der Waals surface area contributed by atoms with E-state index in [1.807, 2.05) is 31.3 Å². The van der Waals surface area contributed by atoms with E-state index in [0.717, 1.165) is 16.7 Å². The van der Waals surface area contributed by atoms with Crippen molar-refractivity contribution in [1.82, 2.24) is 24.9 Å². The second-order valence-electron chi connectivity index (χ2n) is 4.74. The van der Waals surface area contributed by atoms with Gasteiger partial charge in [0.05, 0.1) is 16.4 Å². The number of H-pyrrole nitrogens is 1. The second kappa shape index (κ2) is 6.67.